The molecule has 0 aromatic heterocycles. The van der Waals surface area contributed by atoms with Crippen molar-refractivity contribution in [1.82, 2.24) is 10.2 Å². The topological polar surface area (TPSA) is 33.7 Å². The summed E-state index contributed by atoms with van der Waals surface area (Å²) in [4.78, 5) is 2.38. The number of morpholine rings is 1. The third-order valence-electron chi connectivity index (χ3n) is 4.59. The number of nitrogens with one attached hydrogen (secondary N) is 1. The Hall–Kier alpha value is -2.14. The van der Waals surface area contributed by atoms with E-state index in [9.17, 15) is 0 Å². The van der Waals surface area contributed by atoms with Gasteiger partial charge >= 0.3 is 0 Å². The molecule has 2 aromatic carbocycles. The minimum absolute atomic E-state index is 0.150. The largest absolute Gasteiger partial charge is 0.492 e. The zero-order chi connectivity index (χ0) is 18.0. The number of hydrogen-bond acceptors (Lipinski definition) is 4. The number of nitrogens with zero attached hydrogens (tertiary/aromatic N) is 1. The van der Waals surface area contributed by atoms with Crippen LogP contribution in [0.1, 0.15) is 17.2 Å². The van der Waals surface area contributed by atoms with E-state index in [1.54, 1.807) is 0 Å². The van der Waals surface area contributed by atoms with Crippen molar-refractivity contribution < 1.29 is 9.47 Å². The summed E-state index contributed by atoms with van der Waals surface area (Å²) in [6.45, 7) is 9.87. The highest BCUT2D eigenvalue weighted by molar-refractivity contribution is 5.35. The number of ether oxygens (including phenoxy) is 2. The van der Waals surface area contributed by atoms with Crippen molar-refractivity contribution in [2.45, 2.75) is 6.04 Å². The van der Waals surface area contributed by atoms with Crippen LogP contribution >= 0.6 is 0 Å². The maximum Gasteiger partial charge on any atom is 0.119 e. The average molecular weight is 352 g/mol. The Kier molecular flexibility index (Phi) is 7.25. The first kappa shape index (κ1) is 18.6. The third-order valence-corrected chi connectivity index (χ3v) is 4.59. The lowest BCUT2D eigenvalue weighted by Gasteiger charge is -2.26. The van der Waals surface area contributed by atoms with Crippen molar-refractivity contribution in [1.29, 1.82) is 0 Å². The van der Waals surface area contributed by atoms with Gasteiger partial charge in [0.25, 0.3) is 0 Å². The smallest absolute Gasteiger partial charge is 0.119 e. The van der Waals surface area contributed by atoms with E-state index in [4.69, 9.17) is 9.47 Å². The lowest BCUT2D eigenvalue weighted by molar-refractivity contribution is 0.0322. The molecule has 1 aliphatic rings. The first-order chi connectivity index (χ1) is 12.9. The van der Waals surface area contributed by atoms with Crippen molar-refractivity contribution in [3.63, 3.8) is 0 Å². The Balaban J connectivity index is 1.58. The average Bonchev–Trinajstić information content (AvgIpc) is 2.71. The molecule has 2 aromatic rings. The summed E-state index contributed by atoms with van der Waals surface area (Å²) in [6.07, 6.45) is 1.89. The van der Waals surface area contributed by atoms with E-state index >= 15 is 0 Å². The predicted molar refractivity (Wildman–Crippen MR) is 106 cm³/mol. The molecule has 1 N–H and O–H groups in total. The highest BCUT2D eigenvalue weighted by Gasteiger charge is 2.13. The Morgan fingerprint density at radius 3 is 2.42 bits per heavy atom. The summed E-state index contributed by atoms with van der Waals surface area (Å²) in [5.74, 6) is 0.914. The van der Waals surface area contributed by atoms with Gasteiger partial charge in [-0.2, -0.15) is 0 Å². The van der Waals surface area contributed by atoms with Gasteiger partial charge in [-0.05, 0) is 23.3 Å². The molecule has 138 valence electrons. The van der Waals surface area contributed by atoms with Gasteiger partial charge in [0.05, 0.1) is 19.3 Å². The summed E-state index contributed by atoms with van der Waals surface area (Å²) in [5, 5.41) is 3.53. The maximum absolute atomic E-state index is 5.91. The Morgan fingerprint density at radius 1 is 1.04 bits per heavy atom. The summed E-state index contributed by atoms with van der Waals surface area (Å²) < 4.78 is 11.3. The monoisotopic (exact) mass is 352 g/mol. The Labute approximate surface area is 156 Å². The van der Waals surface area contributed by atoms with Gasteiger partial charge in [0.15, 0.2) is 0 Å². The fraction of sp³-hybridized carbons (Fsp3) is 0.364. The molecule has 0 bridgehead atoms. The van der Waals surface area contributed by atoms with E-state index in [2.05, 4.69) is 65.3 Å². The molecule has 0 saturated carbocycles. The molecule has 1 saturated heterocycles. The molecular formula is C22H28N2O2. The van der Waals surface area contributed by atoms with Crippen LogP contribution in [0.2, 0.25) is 0 Å². The molecule has 3 rings (SSSR count). The minimum Gasteiger partial charge on any atom is -0.492 e. The quantitative estimate of drug-likeness (QED) is 0.703. The third kappa shape index (κ3) is 5.43. The minimum atomic E-state index is 0.150. The van der Waals surface area contributed by atoms with Gasteiger partial charge in [0.1, 0.15) is 12.4 Å². The Bertz CT molecular complexity index is 652. The lowest BCUT2D eigenvalue weighted by Crippen LogP contribution is -2.38. The van der Waals surface area contributed by atoms with Gasteiger partial charge in [0.2, 0.25) is 0 Å². The molecule has 1 aliphatic heterocycles. The fourth-order valence-corrected chi connectivity index (χ4v) is 3.15. The summed E-state index contributed by atoms with van der Waals surface area (Å²) in [5.41, 5.74) is 2.47. The second kappa shape index (κ2) is 10.1. The van der Waals surface area contributed by atoms with Crippen molar-refractivity contribution >= 4 is 0 Å². The first-order valence-electron chi connectivity index (χ1n) is 9.29. The van der Waals surface area contributed by atoms with Gasteiger partial charge in [-0.25, -0.2) is 0 Å². The zero-order valence-corrected chi connectivity index (χ0v) is 15.3. The van der Waals surface area contributed by atoms with Crippen LogP contribution in [0.3, 0.4) is 0 Å². The summed E-state index contributed by atoms with van der Waals surface area (Å²) in [7, 11) is 0. The second-order valence-corrected chi connectivity index (χ2v) is 6.41. The number of hydrogen-bond donors (Lipinski definition) is 1. The van der Waals surface area contributed by atoms with Crippen molar-refractivity contribution in [2.24, 2.45) is 0 Å². The molecule has 1 unspecified atom stereocenters. The van der Waals surface area contributed by atoms with E-state index < -0.39 is 0 Å². The van der Waals surface area contributed by atoms with Crippen LogP contribution in [0.5, 0.6) is 5.75 Å². The highest BCUT2D eigenvalue weighted by Crippen LogP contribution is 2.24. The summed E-state index contributed by atoms with van der Waals surface area (Å²) in [6, 6.07) is 19.0. The van der Waals surface area contributed by atoms with E-state index in [1.807, 2.05) is 12.1 Å². The molecule has 4 nitrogen and oxygen atoms in total. The molecular weight excluding hydrogens is 324 g/mol. The van der Waals surface area contributed by atoms with Crippen LogP contribution in [0, 0.1) is 0 Å². The van der Waals surface area contributed by atoms with Gasteiger partial charge in [-0.15, -0.1) is 6.58 Å². The highest BCUT2D eigenvalue weighted by atomic mass is 16.5. The summed E-state index contributed by atoms with van der Waals surface area (Å²) >= 11 is 0. The SMILES string of the molecule is C=CCNC(c1ccccc1)c1ccc(OCCN2CCOCC2)cc1. The van der Waals surface area contributed by atoms with Gasteiger partial charge < -0.3 is 14.8 Å². The van der Waals surface area contributed by atoms with E-state index in [-0.39, 0.29) is 6.04 Å². The zero-order valence-electron chi connectivity index (χ0n) is 15.3. The van der Waals surface area contributed by atoms with Gasteiger partial charge in [-0.1, -0.05) is 48.5 Å². The van der Waals surface area contributed by atoms with E-state index in [0.29, 0.717) is 6.61 Å². The van der Waals surface area contributed by atoms with Crippen LogP contribution in [0.15, 0.2) is 67.3 Å². The van der Waals surface area contributed by atoms with E-state index in [1.165, 1.54) is 11.1 Å². The molecule has 26 heavy (non-hydrogen) atoms. The van der Waals surface area contributed by atoms with Crippen molar-refractivity contribution in [2.75, 3.05) is 46.0 Å². The Morgan fingerprint density at radius 2 is 1.73 bits per heavy atom. The van der Waals surface area contributed by atoms with Crippen LogP contribution < -0.4 is 10.1 Å². The number of rotatable bonds is 9. The fourth-order valence-electron chi connectivity index (χ4n) is 3.15. The maximum atomic E-state index is 5.91. The van der Waals surface area contributed by atoms with E-state index in [0.717, 1.165) is 45.1 Å². The standard InChI is InChI=1S/C22H28N2O2/c1-2-12-23-22(19-6-4-3-5-7-19)20-8-10-21(11-9-20)26-18-15-24-13-16-25-17-14-24/h2-11,22-23H,1,12-18H2. The van der Waals surface area contributed by atoms with Gasteiger partial charge in [-0.3, -0.25) is 4.90 Å². The normalized spacial score (nSPS) is 16.2. The lowest BCUT2D eigenvalue weighted by atomic mass is 9.98. The predicted octanol–water partition coefficient (Wildman–Crippen LogP) is 3.26. The number of benzene rings is 2. The molecule has 0 aliphatic carbocycles. The molecule has 1 fully saturated rings. The molecule has 0 radical (unpaired) electrons. The second-order valence-electron chi connectivity index (χ2n) is 6.41. The van der Waals surface area contributed by atoms with Crippen molar-refractivity contribution in [3.05, 3.63) is 78.4 Å². The molecule has 1 atom stereocenters. The molecule has 0 spiro atoms. The molecule has 4 heteroatoms. The van der Waals surface area contributed by atoms with Crippen LogP contribution in [0.4, 0.5) is 0 Å². The van der Waals surface area contributed by atoms with Gasteiger partial charge in [0, 0.05) is 26.2 Å². The molecule has 0 amide bonds. The van der Waals surface area contributed by atoms with Crippen LogP contribution in [0.25, 0.3) is 0 Å². The first-order valence-corrected chi connectivity index (χ1v) is 9.29. The van der Waals surface area contributed by atoms with Crippen molar-refractivity contribution in [3.8, 4) is 5.75 Å². The molecule has 1 heterocycles. The van der Waals surface area contributed by atoms with Crippen LogP contribution in [-0.4, -0.2) is 50.9 Å². The van der Waals surface area contributed by atoms with Crippen LogP contribution in [-0.2, 0) is 4.74 Å².